The summed E-state index contributed by atoms with van der Waals surface area (Å²) in [6.45, 7) is 0.802. The number of carboxylic acid groups (broad SMARTS) is 2. The van der Waals surface area contributed by atoms with Gasteiger partial charge in [-0.1, -0.05) is 30.3 Å². The number of rotatable bonds is 12. The van der Waals surface area contributed by atoms with E-state index in [4.69, 9.17) is 5.11 Å². The van der Waals surface area contributed by atoms with Gasteiger partial charge in [-0.05, 0) is 30.4 Å². The lowest BCUT2D eigenvalue weighted by molar-refractivity contribution is -0.140. The highest BCUT2D eigenvalue weighted by Gasteiger charge is 2.18. The quantitative estimate of drug-likeness (QED) is 0.422. The zero-order valence-electron chi connectivity index (χ0n) is 13.2. The van der Waals surface area contributed by atoms with Crippen molar-refractivity contribution in [1.29, 1.82) is 0 Å². The first-order valence-corrected chi connectivity index (χ1v) is 8.89. The number of nitrogens with one attached hydrogen (secondary N) is 2. The van der Waals surface area contributed by atoms with Gasteiger partial charge in [-0.25, -0.2) is 0 Å². The Morgan fingerprint density at radius 3 is 2.13 bits per heavy atom. The Morgan fingerprint density at radius 2 is 1.61 bits per heavy atom. The van der Waals surface area contributed by atoms with Gasteiger partial charge in [-0.15, -0.1) is 0 Å². The van der Waals surface area contributed by atoms with Crippen LogP contribution in [0.2, 0.25) is 0 Å². The van der Waals surface area contributed by atoms with Crippen LogP contribution < -0.4 is 10.6 Å². The fourth-order valence-electron chi connectivity index (χ4n) is 2.14. The lowest BCUT2D eigenvalue weighted by Gasteiger charge is -2.17. The van der Waals surface area contributed by atoms with Crippen LogP contribution in [-0.4, -0.2) is 59.3 Å². The third-order valence-corrected chi connectivity index (χ3v) is 4.04. The minimum absolute atomic E-state index is 0.394. The number of carboxylic acids is 2. The maximum atomic E-state index is 11.3. The molecule has 0 fully saturated rings. The molecule has 7 heteroatoms. The second kappa shape index (κ2) is 11.0. The van der Waals surface area contributed by atoms with Crippen LogP contribution in [0.25, 0.3) is 0 Å². The van der Waals surface area contributed by atoms with Crippen molar-refractivity contribution in [3.05, 3.63) is 35.9 Å². The number of aliphatic carboxylic acids is 2. The van der Waals surface area contributed by atoms with Crippen LogP contribution in [0, 0.1) is 0 Å². The molecule has 0 aliphatic carbocycles. The van der Waals surface area contributed by atoms with E-state index >= 15 is 0 Å². The Bertz CT molecular complexity index is 484. The van der Waals surface area contributed by atoms with Crippen LogP contribution in [0.3, 0.4) is 0 Å². The summed E-state index contributed by atoms with van der Waals surface area (Å²) >= 11 is 1.60. The molecule has 0 amide bonds. The highest BCUT2D eigenvalue weighted by Crippen LogP contribution is 2.03. The Morgan fingerprint density at radius 1 is 1.04 bits per heavy atom. The van der Waals surface area contributed by atoms with E-state index in [9.17, 15) is 14.7 Å². The van der Waals surface area contributed by atoms with Gasteiger partial charge in [0.25, 0.3) is 0 Å². The standard InChI is InChI=1S/C16H24N2O4S/c1-23-10-7-13(15(19)20)17-8-9-18-14(16(21)22)11-12-5-3-2-4-6-12/h2-6,13-14,17-18H,7-11H2,1H3,(H,19,20)(H,21,22)/t13-,14-/m0/s1. The Balaban J connectivity index is 2.38. The molecule has 6 nitrogen and oxygen atoms in total. The van der Waals surface area contributed by atoms with E-state index in [1.165, 1.54) is 0 Å². The van der Waals surface area contributed by atoms with Gasteiger partial charge in [0.1, 0.15) is 12.1 Å². The van der Waals surface area contributed by atoms with E-state index in [0.717, 1.165) is 11.3 Å². The highest BCUT2D eigenvalue weighted by atomic mass is 32.2. The maximum absolute atomic E-state index is 11.3. The molecule has 0 aromatic heterocycles. The molecular formula is C16H24N2O4S. The first-order valence-electron chi connectivity index (χ1n) is 7.49. The zero-order valence-corrected chi connectivity index (χ0v) is 14.0. The molecular weight excluding hydrogens is 316 g/mol. The van der Waals surface area contributed by atoms with Crippen LogP contribution in [0.15, 0.2) is 30.3 Å². The molecule has 0 aliphatic rings. The largest absolute Gasteiger partial charge is 0.480 e. The van der Waals surface area contributed by atoms with E-state index in [1.807, 2.05) is 36.6 Å². The van der Waals surface area contributed by atoms with Crippen molar-refractivity contribution in [2.24, 2.45) is 0 Å². The van der Waals surface area contributed by atoms with Crippen LogP contribution in [0.4, 0.5) is 0 Å². The molecule has 1 aromatic carbocycles. The Hall–Kier alpha value is -1.57. The van der Waals surface area contributed by atoms with Gasteiger partial charge in [0.15, 0.2) is 0 Å². The summed E-state index contributed by atoms with van der Waals surface area (Å²) < 4.78 is 0. The summed E-state index contributed by atoms with van der Waals surface area (Å²) in [6.07, 6.45) is 2.87. The first kappa shape index (κ1) is 19.5. The number of hydrogen-bond acceptors (Lipinski definition) is 5. The van der Waals surface area contributed by atoms with Gasteiger partial charge >= 0.3 is 11.9 Å². The van der Waals surface area contributed by atoms with Crippen molar-refractivity contribution < 1.29 is 19.8 Å². The van der Waals surface area contributed by atoms with E-state index in [1.54, 1.807) is 11.8 Å². The van der Waals surface area contributed by atoms with Crippen LogP contribution in [0.1, 0.15) is 12.0 Å². The predicted molar refractivity (Wildman–Crippen MR) is 92.0 cm³/mol. The van der Waals surface area contributed by atoms with Gasteiger partial charge in [-0.2, -0.15) is 11.8 Å². The molecule has 0 saturated carbocycles. The summed E-state index contributed by atoms with van der Waals surface area (Å²) in [5, 5.41) is 24.3. The molecule has 0 heterocycles. The molecule has 4 N–H and O–H groups in total. The zero-order chi connectivity index (χ0) is 17.1. The second-order valence-electron chi connectivity index (χ2n) is 5.16. The van der Waals surface area contributed by atoms with Gasteiger partial charge in [0.05, 0.1) is 0 Å². The second-order valence-corrected chi connectivity index (χ2v) is 6.15. The van der Waals surface area contributed by atoms with Crippen LogP contribution in [0.5, 0.6) is 0 Å². The highest BCUT2D eigenvalue weighted by molar-refractivity contribution is 7.98. The number of carbonyl (C=O) groups is 2. The average molecular weight is 340 g/mol. The summed E-state index contributed by atoms with van der Waals surface area (Å²) in [7, 11) is 0. The fraction of sp³-hybridized carbons (Fsp3) is 0.500. The molecule has 0 bridgehead atoms. The Labute approximate surface area is 140 Å². The maximum Gasteiger partial charge on any atom is 0.321 e. The SMILES string of the molecule is CSCC[C@H](NCCN[C@@H](Cc1ccccc1)C(=O)O)C(=O)O. The van der Waals surface area contributed by atoms with Gasteiger partial charge in [0.2, 0.25) is 0 Å². The third-order valence-electron chi connectivity index (χ3n) is 3.40. The van der Waals surface area contributed by atoms with Crippen LogP contribution in [-0.2, 0) is 16.0 Å². The van der Waals surface area contributed by atoms with E-state index < -0.39 is 24.0 Å². The van der Waals surface area contributed by atoms with E-state index in [2.05, 4.69) is 10.6 Å². The summed E-state index contributed by atoms with van der Waals surface area (Å²) in [5.41, 5.74) is 0.948. The van der Waals surface area contributed by atoms with E-state index in [0.29, 0.717) is 25.9 Å². The van der Waals surface area contributed by atoms with Gasteiger partial charge < -0.3 is 20.8 Å². The molecule has 1 aromatic rings. The molecule has 0 radical (unpaired) electrons. The smallest absolute Gasteiger partial charge is 0.321 e. The van der Waals surface area contributed by atoms with Crippen molar-refractivity contribution in [3.8, 4) is 0 Å². The molecule has 2 atom stereocenters. The summed E-state index contributed by atoms with van der Waals surface area (Å²) in [5.74, 6) is -1.02. The van der Waals surface area contributed by atoms with Crippen molar-refractivity contribution >= 4 is 23.7 Å². The average Bonchev–Trinajstić information content (AvgIpc) is 2.53. The normalized spacial score (nSPS) is 13.4. The lowest BCUT2D eigenvalue weighted by Crippen LogP contribution is -2.45. The molecule has 128 valence electrons. The monoisotopic (exact) mass is 340 g/mol. The third kappa shape index (κ3) is 8.01. The van der Waals surface area contributed by atoms with Gasteiger partial charge in [-0.3, -0.25) is 9.59 Å². The van der Waals surface area contributed by atoms with Crippen molar-refractivity contribution in [2.75, 3.05) is 25.1 Å². The number of thioether (sulfide) groups is 1. The lowest BCUT2D eigenvalue weighted by atomic mass is 10.1. The Kier molecular flexibility index (Phi) is 9.35. The molecule has 0 spiro atoms. The summed E-state index contributed by atoms with van der Waals surface area (Å²) in [4.78, 5) is 22.4. The van der Waals surface area contributed by atoms with Crippen molar-refractivity contribution in [1.82, 2.24) is 10.6 Å². The number of benzene rings is 1. The molecule has 0 saturated heterocycles. The van der Waals surface area contributed by atoms with Crippen molar-refractivity contribution in [2.45, 2.75) is 24.9 Å². The summed E-state index contributed by atoms with van der Waals surface area (Å²) in [6, 6.07) is 8.13. The molecule has 0 aliphatic heterocycles. The first-order chi connectivity index (χ1) is 11.0. The topological polar surface area (TPSA) is 98.7 Å². The fourth-order valence-corrected chi connectivity index (χ4v) is 2.61. The number of hydrogen-bond donors (Lipinski definition) is 4. The minimum Gasteiger partial charge on any atom is -0.480 e. The van der Waals surface area contributed by atoms with Crippen LogP contribution >= 0.6 is 11.8 Å². The minimum atomic E-state index is -0.911. The predicted octanol–water partition coefficient (Wildman–Crippen LogP) is 1.07. The van der Waals surface area contributed by atoms with Gasteiger partial charge in [0, 0.05) is 13.1 Å². The molecule has 0 unspecified atom stereocenters. The van der Waals surface area contributed by atoms with Crippen molar-refractivity contribution in [3.63, 3.8) is 0 Å². The molecule has 1 rings (SSSR count). The van der Waals surface area contributed by atoms with E-state index in [-0.39, 0.29) is 0 Å². The molecule has 23 heavy (non-hydrogen) atoms.